The van der Waals surface area contributed by atoms with E-state index in [-0.39, 0.29) is 17.2 Å². The van der Waals surface area contributed by atoms with Crippen molar-refractivity contribution < 1.29 is 8.42 Å². The van der Waals surface area contributed by atoms with Gasteiger partial charge in [-0.15, -0.1) is 0 Å². The number of hydrogen-bond acceptors (Lipinski definition) is 2. The van der Waals surface area contributed by atoms with Gasteiger partial charge in [-0.2, -0.15) is 0 Å². The third-order valence-corrected chi connectivity index (χ3v) is 3.04. The summed E-state index contributed by atoms with van der Waals surface area (Å²) in [6.07, 6.45) is 0. The first-order valence-electron chi connectivity index (χ1n) is 4.14. The highest BCUT2D eigenvalue weighted by molar-refractivity contribution is 7.89. The molecule has 0 rings (SSSR count). The molecular formula is C8H19NO2S. The zero-order valence-electron chi connectivity index (χ0n) is 8.51. The molecule has 0 saturated heterocycles. The maximum Gasteiger partial charge on any atom is 0.212 e. The lowest BCUT2D eigenvalue weighted by Crippen LogP contribution is -2.42. The second kappa shape index (κ2) is 3.75. The van der Waals surface area contributed by atoms with Crippen LogP contribution in [0, 0.1) is 5.92 Å². The van der Waals surface area contributed by atoms with Crippen molar-refractivity contribution in [2.24, 2.45) is 5.92 Å². The zero-order chi connectivity index (χ0) is 9.99. The molecule has 0 fully saturated rings. The minimum absolute atomic E-state index is 0.171. The van der Waals surface area contributed by atoms with Crippen LogP contribution in [0.4, 0.5) is 0 Å². The largest absolute Gasteiger partial charge is 0.212 e. The number of hydrogen-bond donors (Lipinski definition) is 1. The Kier molecular flexibility index (Phi) is 3.72. The fourth-order valence-electron chi connectivity index (χ4n) is 0.947. The molecule has 0 heterocycles. The second-order valence-electron chi connectivity index (χ2n) is 4.53. The van der Waals surface area contributed by atoms with Crippen LogP contribution < -0.4 is 4.72 Å². The van der Waals surface area contributed by atoms with E-state index in [1.807, 2.05) is 34.6 Å². The van der Waals surface area contributed by atoms with Gasteiger partial charge in [0.15, 0.2) is 0 Å². The molecule has 0 saturated carbocycles. The third kappa shape index (κ3) is 6.61. The van der Waals surface area contributed by atoms with Gasteiger partial charge >= 0.3 is 0 Å². The van der Waals surface area contributed by atoms with Crippen LogP contribution in [-0.2, 0) is 10.0 Å². The molecule has 0 bridgehead atoms. The smallest absolute Gasteiger partial charge is 0.212 e. The first-order valence-corrected chi connectivity index (χ1v) is 5.79. The van der Waals surface area contributed by atoms with Crippen LogP contribution in [0.3, 0.4) is 0 Å². The van der Waals surface area contributed by atoms with Crippen molar-refractivity contribution in [3.8, 4) is 0 Å². The highest BCUT2D eigenvalue weighted by atomic mass is 32.2. The standard InChI is InChI=1S/C8H19NO2S/c1-7(2)6-12(10,11)9-8(3,4)5/h7,9H,6H2,1-5H3. The Labute approximate surface area is 75.6 Å². The van der Waals surface area contributed by atoms with Crippen molar-refractivity contribution in [1.82, 2.24) is 4.72 Å². The Hall–Kier alpha value is -0.0900. The Morgan fingerprint density at radius 2 is 1.67 bits per heavy atom. The van der Waals surface area contributed by atoms with E-state index in [0.29, 0.717) is 0 Å². The first-order chi connectivity index (χ1) is 5.12. The average Bonchev–Trinajstić information content (AvgIpc) is 1.48. The van der Waals surface area contributed by atoms with Gasteiger partial charge in [0.1, 0.15) is 0 Å². The lowest BCUT2D eigenvalue weighted by atomic mass is 10.1. The van der Waals surface area contributed by atoms with Crippen LogP contribution in [0.5, 0.6) is 0 Å². The van der Waals surface area contributed by atoms with Crippen LogP contribution in [0.2, 0.25) is 0 Å². The van der Waals surface area contributed by atoms with Crippen molar-refractivity contribution in [2.45, 2.75) is 40.2 Å². The van der Waals surface area contributed by atoms with Crippen molar-refractivity contribution in [1.29, 1.82) is 0 Å². The number of rotatable bonds is 3. The molecule has 4 heteroatoms. The molecule has 0 aliphatic rings. The van der Waals surface area contributed by atoms with Crippen molar-refractivity contribution in [3.63, 3.8) is 0 Å². The van der Waals surface area contributed by atoms with Crippen LogP contribution in [0.1, 0.15) is 34.6 Å². The monoisotopic (exact) mass is 193 g/mol. The SMILES string of the molecule is CC(C)CS(=O)(=O)NC(C)(C)C. The van der Waals surface area contributed by atoms with Crippen LogP contribution >= 0.6 is 0 Å². The molecule has 1 N–H and O–H groups in total. The van der Waals surface area contributed by atoms with Gasteiger partial charge in [-0.1, -0.05) is 13.8 Å². The molecule has 12 heavy (non-hydrogen) atoms. The molecule has 0 radical (unpaired) electrons. The summed E-state index contributed by atoms with van der Waals surface area (Å²) in [5, 5.41) is 0. The van der Waals surface area contributed by atoms with E-state index in [9.17, 15) is 8.42 Å². The van der Waals surface area contributed by atoms with E-state index in [1.54, 1.807) is 0 Å². The van der Waals surface area contributed by atoms with E-state index >= 15 is 0 Å². The van der Waals surface area contributed by atoms with Gasteiger partial charge in [-0.05, 0) is 26.7 Å². The van der Waals surface area contributed by atoms with E-state index in [0.717, 1.165) is 0 Å². The molecular weight excluding hydrogens is 174 g/mol. The summed E-state index contributed by atoms with van der Waals surface area (Å²) in [6.45, 7) is 9.30. The molecule has 0 aliphatic carbocycles. The van der Waals surface area contributed by atoms with Gasteiger partial charge < -0.3 is 0 Å². The van der Waals surface area contributed by atoms with Gasteiger partial charge in [0.25, 0.3) is 0 Å². The summed E-state index contributed by atoms with van der Waals surface area (Å²) < 4.78 is 25.3. The van der Waals surface area contributed by atoms with E-state index < -0.39 is 10.0 Å². The molecule has 74 valence electrons. The third-order valence-electron chi connectivity index (χ3n) is 1.01. The highest BCUT2D eigenvalue weighted by Gasteiger charge is 2.20. The quantitative estimate of drug-likeness (QED) is 0.735. The molecule has 3 nitrogen and oxygen atoms in total. The number of nitrogens with one attached hydrogen (secondary N) is 1. The van der Waals surface area contributed by atoms with Crippen LogP contribution in [-0.4, -0.2) is 19.7 Å². The molecule has 0 aliphatic heterocycles. The molecule has 0 aromatic heterocycles. The summed E-state index contributed by atoms with van der Waals surface area (Å²) in [6, 6.07) is 0. The van der Waals surface area contributed by atoms with Crippen molar-refractivity contribution in [3.05, 3.63) is 0 Å². The minimum atomic E-state index is -3.09. The Morgan fingerprint density at radius 1 is 1.25 bits per heavy atom. The van der Waals surface area contributed by atoms with Gasteiger partial charge in [-0.3, -0.25) is 0 Å². The molecule has 0 aromatic rings. The molecule has 0 spiro atoms. The summed E-state index contributed by atoms with van der Waals surface area (Å²) >= 11 is 0. The Bertz CT molecular complexity index is 224. The molecule has 0 aromatic carbocycles. The van der Waals surface area contributed by atoms with Crippen LogP contribution in [0.15, 0.2) is 0 Å². The van der Waals surface area contributed by atoms with Gasteiger partial charge in [-0.25, -0.2) is 13.1 Å². The van der Waals surface area contributed by atoms with Crippen molar-refractivity contribution in [2.75, 3.05) is 5.75 Å². The van der Waals surface area contributed by atoms with Crippen molar-refractivity contribution >= 4 is 10.0 Å². The van der Waals surface area contributed by atoms with Gasteiger partial charge in [0.2, 0.25) is 10.0 Å². The second-order valence-corrected chi connectivity index (χ2v) is 6.29. The normalized spacial score (nSPS) is 13.8. The predicted molar refractivity (Wildman–Crippen MR) is 51.5 cm³/mol. The zero-order valence-corrected chi connectivity index (χ0v) is 9.33. The van der Waals surface area contributed by atoms with Crippen LogP contribution in [0.25, 0.3) is 0 Å². The highest BCUT2D eigenvalue weighted by Crippen LogP contribution is 2.05. The molecule has 0 unspecified atom stereocenters. The first kappa shape index (κ1) is 11.9. The maximum absolute atomic E-state index is 11.3. The van der Waals surface area contributed by atoms with Gasteiger partial charge in [0, 0.05) is 5.54 Å². The maximum atomic E-state index is 11.3. The number of sulfonamides is 1. The average molecular weight is 193 g/mol. The molecule has 0 atom stereocenters. The van der Waals surface area contributed by atoms with E-state index in [1.165, 1.54) is 0 Å². The van der Waals surface area contributed by atoms with Gasteiger partial charge in [0.05, 0.1) is 5.75 Å². The van der Waals surface area contributed by atoms with E-state index in [2.05, 4.69) is 4.72 Å². The summed E-state index contributed by atoms with van der Waals surface area (Å²) in [5.74, 6) is 0.370. The molecule has 0 amide bonds. The topological polar surface area (TPSA) is 46.2 Å². The minimum Gasteiger partial charge on any atom is -0.212 e. The Morgan fingerprint density at radius 3 is 1.92 bits per heavy atom. The summed E-state index contributed by atoms with van der Waals surface area (Å²) in [7, 11) is -3.09. The fourth-order valence-corrected chi connectivity index (χ4v) is 2.84. The van der Waals surface area contributed by atoms with E-state index in [4.69, 9.17) is 0 Å². The summed E-state index contributed by atoms with van der Waals surface area (Å²) in [4.78, 5) is 0. The lowest BCUT2D eigenvalue weighted by Gasteiger charge is -2.20. The Balaban J connectivity index is 4.26. The summed E-state index contributed by atoms with van der Waals surface area (Å²) in [5.41, 5.74) is -0.367. The predicted octanol–water partition coefficient (Wildman–Crippen LogP) is 1.36. The lowest BCUT2D eigenvalue weighted by molar-refractivity contribution is 0.486. The fraction of sp³-hybridized carbons (Fsp3) is 1.00.